The van der Waals surface area contributed by atoms with Crippen LogP contribution in [0.2, 0.25) is 5.02 Å². The molecule has 0 bridgehead atoms. The molecule has 10 heteroatoms. The van der Waals surface area contributed by atoms with Gasteiger partial charge in [-0.05, 0) is 35.9 Å². The summed E-state index contributed by atoms with van der Waals surface area (Å²) in [6.07, 6.45) is 1.45. The van der Waals surface area contributed by atoms with Crippen LogP contribution in [0.4, 0.5) is 11.5 Å². The van der Waals surface area contributed by atoms with Crippen LogP contribution in [0.5, 0.6) is 5.75 Å². The molecule has 2 heterocycles. The molecule has 3 aromatic rings. The lowest BCUT2D eigenvalue weighted by atomic mass is 9.95. The van der Waals surface area contributed by atoms with Crippen molar-refractivity contribution in [2.24, 2.45) is 0 Å². The molecule has 2 aromatic carbocycles. The first kappa shape index (κ1) is 22.0. The SMILES string of the molecule is COc1ccc(/C(O)=C2\C(=O)C(=O)N(c3ccccn3)[C@@H]2c2cccc([N+](=O)[O-])c2)cc1Cl. The Bertz CT molecular complexity index is 1310. The van der Waals surface area contributed by atoms with E-state index in [1.165, 1.54) is 61.8 Å². The fourth-order valence-corrected chi connectivity index (χ4v) is 3.92. The lowest BCUT2D eigenvalue weighted by Gasteiger charge is -2.24. The minimum atomic E-state index is -1.15. The third kappa shape index (κ3) is 3.90. The van der Waals surface area contributed by atoms with Crippen LogP contribution in [0.3, 0.4) is 0 Å². The van der Waals surface area contributed by atoms with E-state index in [9.17, 15) is 24.8 Å². The van der Waals surface area contributed by atoms with E-state index >= 15 is 0 Å². The van der Waals surface area contributed by atoms with Crippen LogP contribution in [0.25, 0.3) is 5.76 Å². The van der Waals surface area contributed by atoms with Gasteiger partial charge in [-0.15, -0.1) is 0 Å². The maximum Gasteiger partial charge on any atom is 0.301 e. The van der Waals surface area contributed by atoms with Crippen LogP contribution in [0.15, 0.2) is 72.4 Å². The summed E-state index contributed by atoms with van der Waals surface area (Å²) in [6.45, 7) is 0. The number of rotatable bonds is 5. The molecule has 1 fully saturated rings. The minimum absolute atomic E-state index is 0.155. The molecular weight excluding hydrogens is 450 g/mol. The first-order valence-electron chi connectivity index (χ1n) is 9.63. The number of aliphatic hydroxyl groups excluding tert-OH is 1. The zero-order chi connectivity index (χ0) is 23.7. The molecule has 1 aromatic heterocycles. The lowest BCUT2D eigenvalue weighted by molar-refractivity contribution is -0.384. The van der Waals surface area contributed by atoms with E-state index in [4.69, 9.17) is 16.3 Å². The van der Waals surface area contributed by atoms with Crippen LogP contribution < -0.4 is 9.64 Å². The van der Waals surface area contributed by atoms with E-state index in [1.807, 2.05) is 0 Å². The summed E-state index contributed by atoms with van der Waals surface area (Å²) >= 11 is 6.17. The molecule has 1 aliphatic heterocycles. The molecule has 0 radical (unpaired) electrons. The number of ether oxygens (including phenoxy) is 1. The Morgan fingerprint density at radius 3 is 2.58 bits per heavy atom. The number of non-ortho nitro benzene ring substituents is 1. The zero-order valence-electron chi connectivity index (χ0n) is 17.1. The molecule has 1 N–H and O–H groups in total. The number of anilines is 1. The highest BCUT2D eigenvalue weighted by Gasteiger charge is 2.47. The second-order valence-electron chi connectivity index (χ2n) is 7.06. The summed E-state index contributed by atoms with van der Waals surface area (Å²) in [5.74, 6) is -1.85. The zero-order valence-corrected chi connectivity index (χ0v) is 17.9. The van der Waals surface area contributed by atoms with E-state index in [0.29, 0.717) is 5.75 Å². The van der Waals surface area contributed by atoms with Gasteiger partial charge >= 0.3 is 5.91 Å². The van der Waals surface area contributed by atoms with Crippen LogP contribution in [-0.4, -0.2) is 33.8 Å². The van der Waals surface area contributed by atoms with Crippen molar-refractivity contribution < 1.29 is 24.4 Å². The Morgan fingerprint density at radius 1 is 1.15 bits per heavy atom. The topological polar surface area (TPSA) is 123 Å². The van der Waals surface area contributed by atoms with Gasteiger partial charge in [0.25, 0.3) is 11.5 Å². The van der Waals surface area contributed by atoms with Crippen molar-refractivity contribution in [3.8, 4) is 5.75 Å². The molecule has 1 atom stereocenters. The molecular formula is C23H16ClN3O6. The first-order chi connectivity index (χ1) is 15.8. The van der Waals surface area contributed by atoms with E-state index in [1.54, 1.807) is 12.1 Å². The van der Waals surface area contributed by atoms with Gasteiger partial charge in [0.1, 0.15) is 17.3 Å². The van der Waals surface area contributed by atoms with Gasteiger partial charge in [-0.3, -0.25) is 24.6 Å². The second-order valence-corrected chi connectivity index (χ2v) is 7.47. The third-order valence-corrected chi connectivity index (χ3v) is 5.46. The predicted octanol–water partition coefficient (Wildman–Crippen LogP) is 4.28. The van der Waals surface area contributed by atoms with Crippen molar-refractivity contribution in [3.63, 3.8) is 0 Å². The van der Waals surface area contributed by atoms with Gasteiger partial charge in [0.15, 0.2) is 0 Å². The highest BCUT2D eigenvalue weighted by Crippen LogP contribution is 2.42. The smallest absolute Gasteiger partial charge is 0.301 e. The largest absolute Gasteiger partial charge is 0.507 e. The van der Waals surface area contributed by atoms with Crippen molar-refractivity contribution in [3.05, 3.63) is 98.7 Å². The van der Waals surface area contributed by atoms with E-state index in [0.717, 1.165) is 4.90 Å². The third-order valence-electron chi connectivity index (χ3n) is 5.16. The lowest BCUT2D eigenvalue weighted by Crippen LogP contribution is -2.30. The maximum absolute atomic E-state index is 13.1. The Labute approximate surface area is 192 Å². The summed E-state index contributed by atoms with van der Waals surface area (Å²) in [4.78, 5) is 42.1. The number of aromatic nitrogens is 1. The van der Waals surface area contributed by atoms with Crippen molar-refractivity contribution in [1.82, 2.24) is 4.98 Å². The van der Waals surface area contributed by atoms with Gasteiger partial charge in [0, 0.05) is 23.9 Å². The average molecular weight is 466 g/mol. The van der Waals surface area contributed by atoms with Crippen LogP contribution in [0.1, 0.15) is 17.2 Å². The number of Topliss-reactive ketones (excluding diaryl/α,β-unsaturated/α-hetero) is 1. The van der Waals surface area contributed by atoms with Crippen molar-refractivity contribution in [2.45, 2.75) is 6.04 Å². The second kappa shape index (κ2) is 8.71. The predicted molar refractivity (Wildman–Crippen MR) is 120 cm³/mol. The normalized spacial score (nSPS) is 17.3. The molecule has 1 aliphatic rings. The number of aliphatic hydroxyl groups is 1. The van der Waals surface area contributed by atoms with Crippen molar-refractivity contribution in [2.75, 3.05) is 12.0 Å². The maximum atomic E-state index is 13.1. The fourth-order valence-electron chi connectivity index (χ4n) is 3.66. The number of amides is 1. The minimum Gasteiger partial charge on any atom is -0.507 e. The number of hydrogen-bond acceptors (Lipinski definition) is 7. The number of halogens is 1. The van der Waals surface area contributed by atoms with E-state index < -0.39 is 28.4 Å². The number of nitro groups is 1. The summed E-state index contributed by atoms with van der Waals surface area (Å²) in [7, 11) is 1.43. The molecule has 0 unspecified atom stereocenters. The number of nitrogens with zero attached hydrogens (tertiary/aromatic N) is 3. The average Bonchev–Trinajstić information content (AvgIpc) is 3.09. The first-order valence-corrected chi connectivity index (χ1v) is 10.0. The molecule has 33 heavy (non-hydrogen) atoms. The summed E-state index contributed by atoms with van der Waals surface area (Å²) in [5, 5.41) is 22.6. The molecule has 4 rings (SSSR count). The highest BCUT2D eigenvalue weighted by molar-refractivity contribution is 6.51. The molecule has 1 amide bonds. The summed E-state index contributed by atoms with van der Waals surface area (Å²) in [5.41, 5.74) is -0.0375. The number of ketones is 1. The number of benzene rings is 2. The van der Waals surface area contributed by atoms with Crippen LogP contribution in [-0.2, 0) is 9.59 Å². The fraction of sp³-hybridized carbons (Fsp3) is 0.0870. The number of carbonyl (C=O) groups excluding carboxylic acids is 2. The summed E-state index contributed by atoms with van der Waals surface area (Å²) < 4.78 is 5.11. The monoisotopic (exact) mass is 465 g/mol. The van der Waals surface area contributed by atoms with Gasteiger partial charge < -0.3 is 9.84 Å². The standard InChI is InChI=1S/C23H16ClN3O6/c1-33-17-9-8-14(12-16(17)24)21(28)19-20(13-5-4-6-15(11-13)27(31)32)26(23(30)22(19)29)18-7-2-3-10-25-18/h2-12,20,28H,1H3/b21-19+/t20-/m1/s1. The molecule has 0 spiro atoms. The molecule has 0 aliphatic carbocycles. The van der Waals surface area contributed by atoms with E-state index in [2.05, 4.69) is 4.98 Å². The Hall–Kier alpha value is -4.24. The molecule has 0 saturated carbocycles. The quantitative estimate of drug-likeness (QED) is 0.196. The van der Waals surface area contributed by atoms with Crippen LogP contribution in [0, 0.1) is 10.1 Å². The van der Waals surface area contributed by atoms with Gasteiger partial charge in [-0.1, -0.05) is 29.8 Å². The van der Waals surface area contributed by atoms with Gasteiger partial charge in [0.05, 0.1) is 28.7 Å². The number of methoxy groups -OCH3 is 1. The Morgan fingerprint density at radius 2 is 1.94 bits per heavy atom. The van der Waals surface area contributed by atoms with Crippen molar-refractivity contribution >= 4 is 40.6 Å². The van der Waals surface area contributed by atoms with Gasteiger partial charge in [-0.25, -0.2) is 4.98 Å². The van der Waals surface area contributed by atoms with Gasteiger partial charge in [0.2, 0.25) is 0 Å². The number of nitro benzene ring substituents is 1. The summed E-state index contributed by atoms with van der Waals surface area (Å²) in [6, 6.07) is 13.6. The highest BCUT2D eigenvalue weighted by atomic mass is 35.5. The van der Waals surface area contributed by atoms with Crippen LogP contribution >= 0.6 is 11.6 Å². The number of carbonyl (C=O) groups is 2. The van der Waals surface area contributed by atoms with E-state index in [-0.39, 0.29) is 33.2 Å². The van der Waals surface area contributed by atoms with Gasteiger partial charge in [-0.2, -0.15) is 0 Å². The van der Waals surface area contributed by atoms with Crippen molar-refractivity contribution in [1.29, 1.82) is 0 Å². The number of pyridine rings is 1. The number of hydrogen-bond donors (Lipinski definition) is 1. The molecule has 1 saturated heterocycles. The Balaban J connectivity index is 1.96. The Kier molecular flexibility index (Phi) is 5.80. The molecule has 9 nitrogen and oxygen atoms in total. The molecule has 166 valence electrons.